The first kappa shape index (κ1) is 26.6. The predicted octanol–water partition coefficient (Wildman–Crippen LogP) is 5.81. The highest BCUT2D eigenvalue weighted by Gasteiger charge is 2.30. The normalized spacial score (nSPS) is 11.8. The van der Waals surface area contributed by atoms with Gasteiger partial charge in [0, 0.05) is 24.4 Å². The lowest BCUT2D eigenvalue weighted by Gasteiger charge is -2.32. The second-order valence-corrected chi connectivity index (χ2v) is 10.5. The van der Waals surface area contributed by atoms with Crippen LogP contribution in [0, 0.1) is 19.8 Å². The van der Waals surface area contributed by atoms with E-state index in [0.717, 1.165) is 21.6 Å². The summed E-state index contributed by atoms with van der Waals surface area (Å²) >= 11 is 1.51. The number of aryl methyl sites for hydroxylation is 2. The van der Waals surface area contributed by atoms with E-state index in [2.05, 4.69) is 37.4 Å². The Morgan fingerprint density at radius 1 is 0.857 bits per heavy atom. The van der Waals surface area contributed by atoms with E-state index in [9.17, 15) is 9.59 Å². The number of nitrogens with zero attached hydrogens (tertiary/aromatic N) is 1. The highest BCUT2D eigenvalue weighted by Crippen LogP contribution is 2.22. The molecule has 3 aromatic carbocycles. The minimum atomic E-state index is -0.595. The van der Waals surface area contributed by atoms with Crippen molar-refractivity contribution in [3.8, 4) is 0 Å². The third-order valence-electron chi connectivity index (χ3n) is 5.77. The summed E-state index contributed by atoms with van der Waals surface area (Å²) in [5.74, 6) is 0.452. The fourth-order valence-corrected chi connectivity index (χ4v) is 4.63. The van der Waals surface area contributed by atoms with E-state index in [-0.39, 0.29) is 17.6 Å². The largest absolute Gasteiger partial charge is 0.354 e. The van der Waals surface area contributed by atoms with Crippen LogP contribution in [0.1, 0.15) is 36.1 Å². The number of rotatable bonds is 11. The fraction of sp³-hybridized carbons (Fsp3) is 0.333. The van der Waals surface area contributed by atoms with Gasteiger partial charge in [-0.2, -0.15) is 0 Å². The van der Waals surface area contributed by atoms with Crippen molar-refractivity contribution in [2.75, 3.05) is 12.3 Å². The van der Waals surface area contributed by atoms with Crippen molar-refractivity contribution in [1.29, 1.82) is 0 Å². The van der Waals surface area contributed by atoms with Crippen LogP contribution in [0.4, 0.5) is 0 Å². The summed E-state index contributed by atoms with van der Waals surface area (Å²) in [6.07, 6.45) is 0.470. The van der Waals surface area contributed by atoms with Crippen LogP contribution in [0.3, 0.4) is 0 Å². The molecule has 1 unspecified atom stereocenters. The minimum absolute atomic E-state index is 0.0438. The Hall–Kier alpha value is -3.05. The van der Waals surface area contributed by atoms with E-state index >= 15 is 0 Å². The van der Waals surface area contributed by atoms with Crippen molar-refractivity contribution < 1.29 is 9.59 Å². The van der Waals surface area contributed by atoms with Gasteiger partial charge in [-0.3, -0.25) is 9.59 Å². The quantitative estimate of drug-likeness (QED) is 0.347. The van der Waals surface area contributed by atoms with Gasteiger partial charge in [-0.15, -0.1) is 11.8 Å². The zero-order chi connectivity index (χ0) is 25.2. The summed E-state index contributed by atoms with van der Waals surface area (Å²) in [6, 6.07) is 25.7. The molecule has 1 N–H and O–H groups in total. The minimum Gasteiger partial charge on any atom is -0.354 e. The summed E-state index contributed by atoms with van der Waals surface area (Å²) in [7, 11) is 0. The van der Waals surface area contributed by atoms with Crippen molar-refractivity contribution in [3.05, 3.63) is 101 Å². The number of thioether (sulfide) groups is 1. The Bertz CT molecular complexity index is 1100. The highest BCUT2D eigenvalue weighted by atomic mass is 32.2. The standard InChI is InChI=1S/C30H36N2O2S/c1-22(2)19-31-30(34)28(18-25-10-6-5-7-11-25)32(20-26-12-8-9-24(4)17-26)29(33)21-35-27-15-13-23(3)14-16-27/h5-17,22,28H,18-21H2,1-4H3,(H,31,34). The van der Waals surface area contributed by atoms with Crippen molar-refractivity contribution >= 4 is 23.6 Å². The lowest BCUT2D eigenvalue weighted by Crippen LogP contribution is -2.51. The second kappa shape index (κ2) is 13.1. The van der Waals surface area contributed by atoms with Crippen molar-refractivity contribution in [2.45, 2.75) is 51.6 Å². The van der Waals surface area contributed by atoms with Gasteiger partial charge in [0.1, 0.15) is 6.04 Å². The molecule has 0 saturated carbocycles. The molecule has 0 radical (unpaired) electrons. The molecule has 0 aromatic heterocycles. The van der Waals surface area contributed by atoms with Crippen molar-refractivity contribution in [2.24, 2.45) is 5.92 Å². The van der Waals surface area contributed by atoms with E-state index in [1.54, 1.807) is 4.90 Å². The number of carbonyl (C=O) groups excluding carboxylic acids is 2. The Morgan fingerprint density at radius 3 is 2.20 bits per heavy atom. The van der Waals surface area contributed by atoms with Gasteiger partial charge in [0.25, 0.3) is 0 Å². The molecule has 4 nitrogen and oxygen atoms in total. The molecule has 1 atom stereocenters. The maximum Gasteiger partial charge on any atom is 0.243 e. The molecule has 3 rings (SSSR count). The monoisotopic (exact) mass is 488 g/mol. The van der Waals surface area contributed by atoms with Gasteiger partial charge in [-0.1, -0.05) is 91.7 Å². The van der Waals surface area contributed by atoms with E-state index < -0.39 is 6.04 Å². The number of nitrogens with one attached hydrogen (secondary N) is 1. The average Bonchev–Trinajstić information content (AvgIpc) is 2.85. The molecule has 2 amide bonds. The lowest BCUT2D eigenvalue weighted by molar-refractivity contribution is -0.139. The smallest absolute Gasteiger partial charge is 0.243 e. The number of amides is 2. The zero-order valence-electron chi connectivity index (χ0n) is 21.2. The SMILES string of the molecule is Cc1ccc(SCC(=O)N(Cc2cccc(C)c2)C(Cc2ccccc2)C(=O)NCC(C)C)cc1. The molecular formula is C30H36N2O2S. The van der Waals surface area contributed by atoms with Crippen molar-refractivity contribution in [3.63, 3.8) is 0 Å². The molecule has 0 aliphatic carbocycles. The van der Waals surface area contributed by atoms with E-state index in [4.69, 9.17) is 0 Å². The van der Waals surface area contributed by atoms with Gasteiger partial charge in [0.05, 0.1) is 5.75 Å². The number of carbonyl (C=O) groups is 2. The van der Waals surface area contributed by atoms with E-state index in [1.165, 1.54) is 17.3 Å². The number of hydrogen-bond acceptors (Lipinski definition) is 3. The maximum absolute atomic E-state index is 13.7. The Morgan fingerprint density at radius 2 is 1.54 bits per heavy atom. The summed E-state index contributed by atoms with van der Waals surface area (Å²) in [4.78, 5) is 29.9. The van der Waals surface area contributed by atoms with Crippen LogP contribution in [0.25, 0.3) is 0 Å². The first-order valence-corrected chi connectivity index (χ1v) is 13.2. The topological polar surface area (TPSA) is 49.4 Å². The molecule has 0 spiro atoms. The Labute approximate surface area is 214 Å². The molecule has 0 fully saturated rings. The van der Waals surface area contributed by atoms with Crippen LogP contribution in [0.15, 0.2) is 83.8 Å². The molecular weight excluding hydrogens is 452 g/mol. The van der Waals surface area contributed by atoms with E-state index in [0.29, 0.717) is 25.4 Å². The molecule has 0 bridgehead atoms. The molecule has 0 heterocycles. The Kier molecular flexibility index (Phi) is 9.98. The maximum atomic E-state index is 13.7. The van der Waals surface area contributed by atoms with Crippen LogP contribution in [0.2, 0.25) is 0 Å². The first-order chi connectivity index (χ1) is 16.8. The van der Waals surface area contributed by atoms with Gasteiger partial charge < -0.3 is 10.2 Å². The van der Waals surface area contributed by atoms with Crippen LogP contribution in [-0.4, -0.2) is 35.1 Å². The van der Waals surface area contributed by atoms with Crippen molar-refractivity contribution in [1.82, 2.24) is 10.2 Å². The third kappa shape index (κ3) is 8.59. The third-order valence-corrected chi connectivity index (χ3v) is 6.77. The molecule has 0 aliphatic rings. The molecule has 184 valence electrons. The van der Waals surface area contributed by atoms with Crippen LogP contribution < -0.4 is 5.32 Å². The summed E-state index contributed by atoms with van der Waals surface area (Å²) in [6.45, 7) is 9.20. The molecule has 0 saturated heterocycles. The highest BCUT2D eigenvalue weighted by molar-refractivity contribution is 8.00. The van der Waals surface area contributed by atoms with E-state index in [1.807, 2.05) is 74.5 Å². The molecule has 3 aromatic rings. The fourth-order valence-electron chi connectivity index (χ4n) is 3.85. The first-order valence-electron chi connectivity index (χ1n) is 12.2. The summed E-state index contributed by atoms with van der Waals surface area (Å²) < 4.78 is 0. The zero-order valence-corrected chi connectivity index (χ0v) is 22.0. The molecule has 5 heteroatoms. The summed E-state index contributed by atoms with van der Waals surface area (Å²) in [5.41, 5.74) is 4.37. The predicted molar refractivity (Wildman–Crippen MR) is 145 cm³/mol. The van der Waals surface area contributed by atoms with Crippen LogP contribution in [0.5, 0.6) is 0 Å². The number of hydrogen-bond donors (Lipinski definition) is 1. The molecule has 0 aliphatic heterocycles. The van der Waals surface area contributed by atoms with Crippen LogP contribution in [-0.2, 0) is 22.6 Å². The second-order valence-electron chi connectivity index (χ2n) is 9.46. The van der Waals surface area contributed by atoms with Crippen LogP contribution >= 0.6 is 11.8 Å². The Balaban J connectivity index is 1.89. The summed E-state index contributed by atoms with van der Waals surface area (Å²) in [5, 5.41) is 3.08. The van der Waals surface area contributed by atoms with Gasteiger partial charge >= 0.3 is 0 Å². The van der Waals surface area contributed by atoms with Gasteiger partial charge in [0.15, 0.2) is 0 Å². The number of benzene rings is 3. The molecule has 35 heavy (non-hydrogen) atoms. The van der Waals surface area contributed by atoms with Gasteiger partial charge in [-0.05, 0) is 43.0 Å². The lowest BCUT2D eigenvalue weighted by atomic mass is 10.0. The average molecular weight is 489 g/mol. The van der Waals surface area contributed by atoms with Gasteiger partial charge in [0.2, 0.25) is 11.8 Å². The van der Waals surface area contributed by atoms with Gasteiger partial charge in [-0.25, -0.2) is 0 Å².